The van der Waals surface area contributed by atoms with Crippen LogP contribution in [0.15, 0.2) is 12.1 Å². The third-order valence-corrected chi connectivity index (χ3v) is 3.90. The Morgan fingerprint density at radius 2 is 2.21 bits per heavy atom. The molecule has 0 aliphatic heterocycles. The van der Waals surface area contributed by atoms with Gasteiger partial charge in [0.2, 0.25) is 0 Å². The Morgan fingerprint density at radius 1 is 1.47 bits per heavy atom. The minimum Gasteiger partial charge on any atom is -0.341 e. The molecular formula is C15H21ClN2O. The molecule has 1 aliphatic carbocycles. The minimum atomic E-state index is 0.0496. The summed E-state index contributed by atoms with van der Waals surface area (Å²) in [6, 6.07) is 3.54. The molecule has 0 N–H and O–H groups in total. The first kappa shape index (κ1) is 14.3. The van der Waals surface area contributed by atoms with Crippen LogP contribution < -0.4 is 0 Å². The number of aromatic nitrogens is 1. The summed E-state index contributed by atoms with van der Waals surface area (Å²) < 4.78 is 0. The van der Waals surface area contributed by atoms with Gasteiger partial charge in [-0.25, -0.2) is 4.98 Å². The summed E-state index contributed by atoms with van der Waals surface area (Å²) in [6.07, 6.45) is 5.64. The van der Waals surface area contributed by atoms with Crippen LogP contribution in [0.4, 0.5) is 0 Å². The first-order valence-corrected chi connectivity index (χ1v) is 7.40. The lowest BCUT2D eigenvalue weighted by Crippen LogP contribution is -2.34. The van der Waals surface area contributed by atoms with E-state index >= 15 is 0 Å². The van der Waals surface area contributed by atoms with Crippen molar-refractivity contribution in [2.45, 2.75) is 39.0 Å². The number of aryl methyl sites for hydroxylation is 1. The van der Waals surface area contributed by atoms with Gasteiger partial charge in [0.25, 0.3) is 5.91 Å². The van der Waals surface area contributed by atoms with E-state index in [0.29, 0.717) is 16.6 Å². The van der Waals surface area contributed by atoms with Crippen molar-refractivity contribution in [3.05, 3.63) is 28.5 Å². The summed E-state index contributed by atoms with van der Waals surface area (Å²) >= 11 is 6.00. The van der Waals surface area contributed by atoms with E-state index in [4.69, 9.17) is 11.6 Å². The molecule has 0 unspecified atom stereocenters. The Labute approximate surface area is 120 Å². The number of carbonyl (C=O) groups excluding carboxylic acids is 1. The van der Waals surface area contributed by atoms with Gasteiger partial charge in [-0.3, -0.25) is 4.79 Å². The second-order valence-corrected chi connectivity index (χ2v) is 5.79. The molecule has 1 aromatic heterocycles. The van der Waals surface area contributed by atoms with Crippen molar-refractivity contribution in [3.8, 4) is 0 Å². The van der Waals surface area contributed by atoms with Crippen LogP contribution in [-0.2, 0) is 6.42 Å². The molecule has 0 atom stereocenters. The molecule has 19 heavy (non-hydrogen) atoms. The number of rotatable bonds is 5. The maximum absolute atomic E-state index is 12.4. The van der Waals surface area contributed by atoms with Gasteiger partial charge in [0.05, 0.1) is 0 Å². The zero-order valence-electron chi connectivity index (χ0n) is 11.7. The molecular weight excluding hydrogens is 260 g/mol. The normalized spacial score (nSPS) is 15.1. The van der Waals surface area contributed by atoms with Crippen molar-refractivity contribution >= 4 is 17.5 Å². The fourth-order valence-corrected chi connectivity index (χ4v) is 2.65. The molecule has 1 aliphatic rings. The van der Waals surface area contributed by atoms with E-state index in [2.05, 4.69) is 11.9 Å². The van der Waals surface area contributed by atoms with Gasteiger partial charge in [-0.15, -0.1) is 0 Å². The van der Waals surface area contributed by atoms with Gasteiger partial charge >= 0.3 is 0 Å². The average molecular weight is 281 g/mol. The summed E-state index contributed by atoms with van der Waals surface area (Å²) in [4.78, 5) is 18.4. The first-order valence-electron chi connectivity index (χ1n) is 7.02. The maximum Gasteiger partial charge on any atom is 0.253 e. The van der Waals surface area contributed by atoms with Crippen molar-refractivity contribution in [3.63, 3.8) is 0 Å². The molecule has 1 amide bonds. The third kappa shape index (κ3) is 3.69. The Kier molecular flexibility index (Phi) is 4.81. The smallest absolute Gasteiger partial charge is 0.253 e. The lowest BCUT2D eigenvalue weighted by atomic mass is 9.85. The highest BCUT2D eigenvalue weighted by Gasteiger charge is 2.22. The standard InChI is InChI=1S/C15H21ClN2O/c1-3-5-13-8-12(9-14(16)17-13)15(19)18(2)10-11-6-4-7-11/h8-9,11H,3-7,10H2,1-2H3. The highest BCUT2D eigenvalue weighted by atomic mass is 35.5. The van der Waals surface area contributed by atoms with Crippen molar-refractivity contribution in [1.29, 1.82) is 0 Å². The molecule has 4 heteroatoms. The van der Waals surface area contributed by atoms with Crippen molar-refractivity contribution in [2.24, 2.45) is 5.92 Å². The highest BCUT2D eigenvalue weighted by molar-refractivity contribution is 6.29. The molecule has 0 radical (unpaired) electrons. The molecule has 2 rings (SSSR count). The quantitative estimate of drug-likeness (QED) is 0.773. The third-order valence-electron chi connectivity index (χ3n) is 3.70. The Balaban J connectivity index is 2.08. The van der Waals surface area contributed by atoms with E-state index < -0.39 is 0 Å². The molecule has 0 saturated heterocycles. The number of halogens is 1. The molecule has 0 bridgehead atoms. The van der Waals surface area contributed by atoms with Gasteiger partial charge in [0.15, 0.2) is 0 Å². The summed E-state index contributed by atoms with van der Waals surface area (Å²) in [6.45, 7) is 2.94. The molecule has 1 heterocycles. The van der Waals surface area contributed by atoms with Crippen LogP contribution in [0.5, 0.6) is 0 Å². The van der Waals surface area contributed by atoms with Crippen LogP contribution >= 0.6 is 11.6 Å². The monoisotopic (exact) mass is 280 g/mol. The number of hydrogen-bond acceptors (Lipinski definition) is 2. The van der Waals surface area contributed by atoms with E-state index in [0.717, 1.165) is 25.1 Å². The fourth-order valence-electron chi connectivity index (χ4n) is 2.42. The van der Waals surface area contributed by atoms with E-state index in [1.165, 1.54) is 19.3 Å². The number of amides is 1. The molecule has 0 spiro atoms. The minimum absolute atomic E-state index is 0.0496. The predicted molar refractivity (Wildman–Crippen MR) is 77.5 cm³/mol. The molecule has 1 aromatic rings. The largest absolute Gasteiger partial charge is 0.341 e. The predicted octanol–water partition coefficient (Wildman–Crippen LogP) is 3.56. The first-order chi connectivity index (χ1) is 9.10. The van der Waals surface area contributed by atoms with Crippen molar-refractivity contribution < 1.29 is 4.79 Å². The summed E-state index contributed by atoms with van der Waals surface area (Å²) in [5.74, 6) is 0.731. The summed E-state index contributed by atoms with van der Waals surface area (Å²) in [5, 5.41) is 0.409. The molecule has 1 saturated carbocycles. The van der Waals surface area contributed by atoms with Crippen LogP contribution in [0.2, 0.25) is 5.15 Å². The zero-order valence-corrected chi connectivity index (χ0v) is 12.4. The SMILES string of the molecule is CCCc1cc(C(=O)N(C)CC2CCC2)cc(Cl)n1. The maximum atomic E-state index is 12.4. The number of pyridine rings is 1. The summed E-state index contributed by atoms with van der Waals surface area (Å²) in [7, 11) is 1.87. The van der Waals surface area contributed by atoms with Gasteiger partial charge in [-0.2, -0.15) is 0 Å². The molecule has 3 nitrogen and oxygen atoms in total. The van der Waals surface area contributed by atoms with E-state index in [1.54, 1.807) is 6.07 Å². The average Bonchev–Trinajstić information content (AvgIpc) is 2.32. The van der Waals surface area contributed by atoms with Crippen LogP contribution in [0.1, 0.15) is 48.7 Å². The van der Waals surface area contributed by atoms with Gasteiger partial charge < -0.3 is 4.90 Å². The number of hydrogen-bond donors (Lipinski definition) is 0. The molecule has 1 fully saturated rings. The van der Waals surface area contributed by atoms with E-state index in [-0.39, 0.29) is 5.91 Å². The Hall–Kier alpha value is -1.09. The lowest BCUT2D eigenvalue weighted by Gasteiger charge is -2.30. The van der Waals surface area contributed by atoms with Gasteiger partial charge in [0, 0.05) is 24.8 Å². The summed E-state index contributed by atoms with van der Waals surface area (Å²) in [5.41, 5.74) is 1.56. The topological polar surface area (TPSA) is 33.2 Å². The van der Waals surface area contributed by atoms with Gasteiger partial charge in [-0.05, 0) is 37.3 Å². The van der Waals surface area contributed by atoms with Crippen LogP contribution in [0.25, 0.3) is 0 Å². The molecule has 104 valence electrons. The fraction of sp³-hybridized carbons (Fsp3) is 0.600. The zero-order chi connectivity index (χ0) is 13.8. The van der Waals surface area contributed by atoms with Gasteiger partial charge in [-0.1, -0.05) is 31.4 Å². The Morgan fingerprint density at radius 3 is 2.79 bits per heavy atom. The Bertz CT molecular complexity index is 457. The molecule has 0 aromatic carbocycles. The van der Waals surface area contributed by atoms with Crippen molar-refractivity contribution in [2.75, 3.05) is 13.6 Å². The van der Waals surface area contributed by atoms with E-state index in [1.807, 2.05) is 18.0 Å². The van der Waals surface area contributed by atoms with Crippen LogP contribution in [-0.4, -0.2) is 29.4 Å². The number of carbonyl (C=O) groups is 1. The lowest BCUT2D eigenvalue weighted by molar-refractivity contribution is 0.0745. The van der Waals surface area contributed by atoms with E-state index in [9.17, 15) is 4.79 Å². The highest BCUT2D eigenvalue weighted by Crippen LogP contribution is 2.27. The van der Waals surface area contributed by atoms with Gasteiger partial charge in [0.1, 0.15) is 5.15 Å². The second kappa shape index (κ2) is 6.38. The van der Waals surface area contributed by atoms with Crippen LogP contribution in [0, 0.1) is 5.92 Å². The van der Waals surface area contributed by atoms with Crippen LogP contribution in [0.3, 0.4) is 0 Å². The number of nitrogens with zero attached hydrogens (tertiary/aromatic N) is 2. The second-order valence-electron chi connectivity index (χ2n) is 5.40. The van der Waals surface area contributed by atoms with Crippen molar-refractivity contribution in [1.82, 2.24) is 9.88 Å².